The van der Waals surface area contributed by atoms with Crippen LogP contribution in [0.1, 0.15) is 73.0 Å². The Hall–Kier alpha value is -2.10. The fourth-order valence-electron chi connectivity index (χ4n) is 5.31. The second-order valence-electron chi connectivity index (χ2n) is 10.2. The summed E-state index contributed by atoms with van der Waals surface area (Å²) in [6, 6.07) is 2.48. The Morgan fingerprint density at radius 3 is 2.68 bits per heavy atom. The van der Waals surface area contributed by atoms with Crippen LogP contribution in [0.25, 0.3) is 0 Å². The molecule has 0 spiro atoms. The van der Waals surface area contributed by atoms with Crippen LogP contribution in [-0.4, -0.2) is 51.5 Å². The lowest BCUT2D eigenvalue weighted by molar-refractivity contribution is -0.0717. The molecule has 4 rings (SSSR count). The second kappa shape index (κ2) is 10.3. The van der Waals surface area contributed by atoms with Gasteiger partial charge in [-0.3, -0.25) is 9.59 Å². The molecular weight excluding hydrogens is 450 g/mol. The number of hydrogen-bond acceptors (Lipinski definition) is 6. The van der Waals surface area contributed by atoms with Gasteiger partial charge in [-0.2, -0.15) is 0 Å². The first kappa shape index (κ1) is 25.0. The van der Waals surface area contributed by atoms with Crippen molar-refractivity contribution in [1.82, 2.24) is 25.2 Å². The third-order valence-corrected chi connectivity index (χ3v) is 8.22. The summed E-state index contributed by atoms with van der Waals surface area (Å²) in [6.07, 6.45) is 8.20. The first-order valence-corrected chi connectivity index (χ1v) is 13.4. The van der Waals surface area contributed by atoms with E-state index in [-0.39, 0.29) is 29.5 Å². The van der Waals surface area contributed by atoms with Crippen LogP contribution in [0.15, 0.2) is 22.0 Å². The fourth-order valence-corrected chi connectivity index (χ4v) is 6.02. The Labute approximate surface area is 205 Å². The topological polar surface area (TPSA) is 101 Å². The molecule has 1 aliphatic carbocycles. The number of aromatic nitrogens is 3. The standard InChI is InChI=1S/C25H37N5O3S/c1-15-10-21(34-5)19(23(31)28-15)11-27-24(32)20-12-26-22(30(20)4)16(2)17-6-8-18(9-7-17)29-25(3)13-33-14-25/h10,12,16-18,29H,6-9,11,13-14H2,1-5H3,(H,27,32)(H,28,31)/t16-,17?,18?/m1/s1. The van der Waals surface area contributed by atoms with E-state index < -0.39 is 0 Å². The van der Waals surface area contributed by atoms with Crippen LogP contribution in [0.4, 0.5) is 0 Å². The number of thioether (sulfide) groups is 1. The van der Waals surface area contributed by atoms with E-state index in [1.54, 1.807) is 6.20 Å². The first-order chi connectivity index (χ1) is 16.2. The zero-order valence-electron chi connectivity index (χ0n) is 20.9. The molecule has 1 atom stereocenters. The summed E-state index contributed by atoms with van der Waals surface area (Å²) in [5.74, 6) is 1.55. The monoisotopic (exact) mass is 487 g/mol. The van der Waals surface area contributed by atoms with Crippen LogP contribution in [0.2, 0.25) is 0 Å². The smallest absolute Gasteiger partial charge is 0.269 e. The maximum atomic E-state index is 12.9. The largest absolute Gasteiger partial charge is 0.377 e. The van der Waals surface area contributed by atoms with E-state index >= 15 is 0 Å². The summed E-state index contributed by atoms with van der Waals surface area (Å²) in [6.45, 7) is 8.11. The molecule has 2 aliphatic rings. The molecule has 1 amide bonds. The lowest BCUT2D eigenvalue weighted by atomic mass is 9.78. The Morgan fingerprint density at radius 2 is 2.06 bits per heavy atom. The number of H-pyrrole nitrogens is 1. The lowest BCUT2D eigenvalue weighted by Crippen LogP contribution is -2.61. The average molecular weight is 488 g/mol. The van der Waals surface area contributed by atoms with Crippen molar-refractivity contribution in [3.05, 3.63) is 45.4 Å². The molecule has 1 saturated carbocycles. The molecule has 8 nitrogen and oxygen atoms in total. The van der Waals surface area contributed by atoms with Crippen molar-refractivity contribution in [2.24, 2.45) is 13.0 Å². The number of ether oxygens (including phenoxy) is 1. The Balaban J connectivity index is 1.36. The van der Waals surface area contributed by atoms with E-state index in [0.29, 0.717) is 23.2 Å². The van der Waals surface area contributed by atoms with E-state index in [9.17, 15) is 9.59 Å². The van der Waals surface area contributed by atoms with Gasteiger partial charge in [0.1, 0.15) is 11.5 Å². The zero-order chi connectivity index (χ0) is 24.5. The summed E-state index contributed by atoms with van der Waals surface area (Å²) in [5.41, 5.74) is 1.89. The number of carbonyl (C=O) groups excluding carboxylic acids is 1. The van der Waals surface area contributed by atoms with Gasteiger partial charge < -0.3 is 24.9 Å². The summed E-state index contributed by atoms with van der Waals surface area (Å²) in [5, 5.41) is 6.69. The predicted octanol–water partition coefficient (Wildman–Crippen LogP) is 3.11. The molecule has 1 saturated heterocycles. The number of carbonyl (C=O) groups is 1. The number of nitrogens with one attached hydrogen (secondary N) is 3. The molecule has 9 heteroatoms. The molecule has 0 radical (unpaired) electrons. The number of hydrogen-bond donors (Lipinski definition) is 3. The van der Waals surface area contributed by atoms with Crippen LogP contribution in [0.3, 0.4) is 0 Å². The number of pyridine rings is 1. The van der Waals surface area contributed by atoms with Crippen molar-refractivity contribution < 1.29 is 9.53 Å². The van der Waals surface area contributed by atoms with Crippen LogP contribution in [0, 0.1) is 12.8 Å². The van der Waals surface area contributed by atoms with Gasteiger partial charge in [-0.05, 0) is 57.8 Å². The minimum absolute atomic E-state index is 0.144. The maximum Gasteiger partial charge on any atom is 0.269 e. The summed E-state index contributed by atoms with van der Waals surface area (Å²) < 4.78 is 7.28. The highest BCUT2D eigenvalue weighted by Crippen LogP contribution is 2.36. The molecule has 34 heavy (non-hydrogen) atoms. The number of aromatic amines is 1. The van der Waals surface area contributed by atoms with E-state index in [1.165, 1.54) is 11.8 Å². The van der Waals surface area contributed by atoms with E-state index in [1.807, 2.05) is 30.9 Å². The minimum Gasteiger partial charge on any atom is -0.377 e. The third-order valence-electron chi connectivity index (χ3n) is 7.41. The molecule has 2 aromatic heterocycles. The third kappa shape index (κ3) is 5.26. The van der Waals surface area contributed by atoms with Gasteiger partial charge in [0.2, 0.25) is 0 Å². The van der Waals surface area contributed by atoms with Crippen LogP contribution >= 0.6 is 11.8 Å². The zero-order valence-corrected chi connectivity index (χ0v) is 21.7. The van der Waals surface area contributed by atoms with Crippen LogP contribution in [0.5, 0.6) is 0 Å². The Bertz CT molecular complexity index is 1080. The molecule has 186 valence electrons. The molecule has 0 aromatic carbocycles. The first-order valence-electron chi connectivity index (χ1n) is 12.1. The maximum absolute atomic E-state index is 12.9. The fraction of sp³-hybridized carbons (Fsp3) is 0.640. The molecule has 0 bridgehead atoms. The number of nitrogens with zero attached hydrogens (tertiary/aromatic N) is 2. The number of rotatable bonds is 8. The highest BCUT2D eigenvalue weighted by Gasteiger charge is 2.37. The van der Waals surface area contributed by atoms with Gasteiger partial charge in [-0.15, -0.1) is 11.8 Å². The Morgan fingerprint density at radius 1 is 1.35 bits per heavy atom. The summed E-state index contributed by atoms with van der Waals surface area (Å²) in [7, 11) is 1.91. The normalized spacial score (nSPS) is 22.7. The minimum atomic E-state index is -0.218. The number of amides is 1. The van der Waals surface area contributed by atoms with Gasteiger partial charge in [0.15, 0.2) is 0 Å². The second-order valence-corrected chi connectivity index (χ2v) is 11.0. The summed E-state index contributed by atoms with van der Waals surface area (Å²) >= 11 is 1.51. The predicted molar refractivity (Wildman–Crippen MR) is 134 cm³/mol. The molecule has 2 aromatic rings. The van der Waals surface area contributed by atoms with Gasteiger partial charge in [0, 0.05) is 41.7 Å². The van der Waals surface area contributed by atoms with Crippen molar-refractivity contribution >= 4 is 17.7 Å². The van der Waals surface area contributed by atoms with Crippen molar-refractivity contribution in [3.63, 3.8) is 0 Å². The van der Waals surface area contributed by atoms with E-state index in [2.05, 4.69) is 34.4 Å². The van der Waals surface area contributed by atoms with Gasteiger partial charge in [-0.25, -0.2) is 4.98 Å². The van der Waals surface area contributed by atoms with E-state index in [4.69, 9.17) is 4.74 Å². The van der Waals surface area contributed by atoms with Gasteiger partial charge in [0.25, 0.3) is 11.5 Å². The molecule has 2 fully saturated rings. The number of aryl methyl sites for hydroxylation is 1. The molecular formula is C25H37N5O3S. The Kier molecular flexibility index (Phi) is 7.54. The molecule has 0 unspecified atom stereocenters. The number of imidazole rings is 1. The average Bonchev–Trinajstić information content (AvgIpc) is 3.18. The molecule has 3 N–H and O–H groups in total. The van der Waals surface area contributed by atoms with Crippen molar-refractivity contribution in [2.75, 3.05) is 19.5 Å². The van der Waals surface area contributed by atoms with Crippen molar-refractivity contribution in [2.45, 2.75) is 75.4 Å². The highest BCUT2D eigenvalue weighted by molar-refractivity contribution is 7.98. The highest BCUT2D eigenvalue weighted by atomic mass is 32.2. The summed E-state index contributed by atoms with van der Waals surface area (Å²) in [4.78, 5) is 33.6. The lowest BCUT2D eigenvalue weighted by Gasteiger charge is -2.44. The van der Waals surface area contributed by atoms with Crippen LogP contribution in [-0.2, 0) is 18.3 Å². The van der Waals surface area contributed by atoms with Gasteiger partial charge in [0.05, 0.1) is 24.9 Å². The van der Waals surface area contributed by atoms with Crippen molar-refractivity contribution in [1.29, 1.82) is 0 Å². The van der Waals surface area contributed by atoms with Crippen molar-refractivity contribution in [3.8, 4) is 0 Å². The van der Waals surface area contributed by atoms with Gasteiger partial charge in [-0.1, -0.05) is 6.92 Å². The quantitative estimate of drug-likeness (QED) is 0.495. The van der Waals surface area contributed by atoms with E-state index in [0.717, 1.165) is 55.3 Å². The van der Waals surface area contributed by atoms with Crippen LogP contribution < -0.4 is 16.2 Å². The van der Waals surface area contributed by atoms with Gasteiger partial charge >= 0.3 is 0 Å². The molecule has 1 aliphatic heterocycles. The SMILES string of the molecule is CSc1cc(C)[nH]c(=O)c1CNC(=O)c1cnc([C@H](C)C2CCC(NC3(C)COC3)CC2)n1C. The molecule has 3 heterocycles.